The number of ether oxygens (including phenoxy) is 1. The molecule has 1 aromatic heterocycles. The van der Waals surface area contributed by atoms with Crippen LogP contribution in [0, 0.1) is 30.1 Å². The van der Waals surface area contributed by atoms with Gasteiger partial charge in [-0.05, 0) is 99.4 Å². The van der Waals surface area contributed by atoms with Crippen LogP contribution in [0.1, 0.15) is 82.7 Å². The van der Waals surface area contributed by atoms with Crippen LogP contribution in [0.2, 0.25) is 18.1 Å². The number of carbonyl (C=O) groups excluding carboxylic acids is 2. The second-order valence-corrected chi connectivity index (χ2v) is 20.8. The lowest BCUT2D eigenvalue weighted by atomic mass is 9.56. The van der Waals surface area contributed by atoms with Gasteiger partial charge in [-0.3, -0.25) is 14.5 Å². The zero-order valence-electron chi connectivity index (χ0n) is 30.8. The van der Waals surface area contributed by atoms with Crippen molar-refractivity contribution in [2.24, 2.45) is 11.8 Å². The van der Waals surface area contributed by atoms with E-state index in [-0.39, 0.29) is 34.4 Å². The molecular formula is C39H48N4O6Si. The van der Waals surface area contributed by atoms with Crippen LogP contribution in [0.25, 0.3) is 5.76 Å². The van der Waals surface area contributed by atoms with Crippen molar-refractivity contribution in [1.29, 1.82) is 5.26 Å². The van der Waals surface area contributed by atoms with Crippen molar-refractivity contribution in [3.05, 3.63) is 86.7 Å². The molecule has 11 heteroatoms. The second kappa shape index (κ2) is 12.6. The molecule has 1 N–H and O–H groups in total. The molecule has 3 aliphatic rings. The molecule has 3 aromatic rings. The molecule has 0 aliphatic heterocycles. The average Bonchev–Trinajstić information content (AvgIpc) is 3.44. The first-order valence-corrected chi connectivity index (χ1v) is 20.1. The molecule has 50 heavy (non-hydrogen) atoms. The highest BCUT2D eigenvalue weighted by Gasteiger charge is 2.68. The summed E-state index contributed by atoms with van der Waals surface area (Å²) in [5.41, 5.74) is 2.62. The van der Waals surface area contributed by atoms with Gasteiger partial charge in [0.25, 0.3) is 5.88 Å². The largest absolute Gasteiger partial charge is 0.507 e. The number of nitriles is 1. The van der Waals surface area contributed by atoms with Gasteiger partial charge in [0.2, 0.25) is 11.6 Å². The molecule has 1 fully saturated rings. The fourth-order valence-corrected chi connectivity index (χ4v) is 9.39. The number of rotatable bonds is 8. The zero-order chi connectivity index (χ0) is 36.5. The normalized spacial score (nSPS) is 23.4. The maximum Gasteiger partial charge on any atom is 0.265 e. The lowest BCUT2D eigenvalue weighted by Gasteiger charge is -2.55. The number of hydrogen-bond donors (Lipinski definition) is 1. The highest BCUT2D eigenvalue weighted by atomic mass is 28.4. The summed E-state index contributed by atoms with van der Waals surface area (Å²) < 4.78 is 19.3. The monoisotopic (exact) mass is 696 g/mol. The number of hydrogen-bond acceptors (Lipinski definition) is 10. The second-order valence-electron chi connectivity index (χ2n) is 16.1. The Labute approximate surface area is 295 Å². The summed E-state index contributed by atoms with van der Waals surface area (Å²) in [6, 6.07) is 13.3. The van der Waals surface area contributed by atoms with Crippen LogP contribution in [-0.2, 0) is 28.8 Å². The van der Waals surface area contributed by atoms with Crippen LogP contribution in [0.3, 0.4) is 0 Å². The van der Waals surface area contributed by atoms with Crippen molar-refractivity contribution in [3.63, 3.8) is 0 Å². The molecule has 10 nitrogen and oxygen atoms in total. The molecule has 3 aliphatic carbocycles. The minimum absolute atomic E-state index is 0.0161. The number of aromatic nitrogens is 1. The van der Waals surface area contributed by atoms with E-state index in [1.165, 1.54) is 0 Å². The molecule has 2 aromatic carbocycles. The van der Waals surface area contributed by atoms with Gasteiger partial charge in [-0.15, -0.1) is 0 Å². The van der Waals surface area contributed by atoms with E-state index in [0.29, 0.717) is 36.3 Å². The highest BCUT2D eigenvalue weighted by Crippen LogP contribution is 2.59. The predicted octanol–water partition coefficient (Wildman–Crippen LogP) is 6.79. The molecule has 0 bridgehead atoms. The maximum atomic E-state index is 15.5. The number of aliphatic hydroxyl groups excluding tert-OH is 1. The Morgan fingerprint density at radius 3 is 2.38 bits per heavy atom. The van der Waals surface area contributed by atoms with Crippen molar-refractivity contribution in [1.82, 2.24) is 15.0 Å². The number of Topliss-reactive ketones (excluding diaryl/α,β-unsaturated/α-hetero) is 2. The van der Waals surface area contributed by atoms with Crippen LogP contribution in [0.5, 0.6) is 5.88 Å². The average molecular weight is 697 g/mol. The van der Waals surface area contributed by atoms with Crippen molar-refractivity contribution in [2.45, 2.75) is 83.5 Å². The third kappa shape index (κ3) is 5.53. The van der Waals surface area contributed by atoms with E-state index in [2.05, 4.69) is 32.0 Å². The van der Waals surface area contributed by atoms with Gasteiger partial charge in [0, 0.05) is 23.6 Å². The fourth-order valence-electron chi connectivity index (χ4n) is 7.94. The lowest BCUT2D eigenvalue weighted by molar-refractivity contribution is -0.140. The topological polar surface area (TPSA) is 129 Å². The van der Waals surface area contributed by atoms with E-state index in [9.17, 15) is 10.4 Å². The molecular weight excluding hydrogens is 649 g/mol. The zero-order valence-corrected chi connectivity index (χ0v) is 31.8. The quantitative estimate of drug-likeness (QED) is 0.199. The Hall–Kier alpha value is -4.08. The third-order valence-electron chi connectivity index (χ3n) is 11.2. The van der Waals surface area contributed by atoms with Gasteiger partial charge >= 0.3 is 0 Å². The van der Waals surface area contributed by atoms with Gasteiger partial charge in [-0.1, -0.05) is 57.2 Å². The standard InChI is InChI=1S/C39H48N4O6Si/c1-22-16-25(20-42(5)6)27(19-40)26-17-24-18-28-32(43(7)8)34-31(37(41-48-34)47-21-23-14-12-11-13-15-23)36(46)39(28,49-50(9,10)38(2,3)4)35(45)30(24)33(44)29(22)26/h11-16,24,28,32,44H,17-18,20-21H2,1-10H3/t24-,28-,32-,39-/m0/s1. The molecule has 4 atom stereocenters. The molecule has 0 amide bonds. The number of nitrogens with zero attached hydrogens (tertiary/aromatic N) is 4. The molecule has 0 spiro atoms. The maximum absolute atomic E-state index is 15.5. The SMILES string of the molecule is Cc1cc(CN(C)C)c(C#N)c2c1C(O)=C1C(=O)[C@]3(O[Si](C)(C)C(C)(C)C)C(=O)c4c(OCc5ccccc5)noc4[C@@H](N(C)C)[C@@H]3C[C@@H]1C2. The summed E-state index contributed by atoms with van der Waals surface area (Å²) in [5, 5.41) is 26.5. The van der Waals surface area contributed by atoms with Crippen LogP contribution < -0.4 is 4.74 Å². The van der Waals surface area contributed by atoms with E-state index in [0.717, 1.165) is 22.3 Å². The lowest BCUT2D eigenvalue weighted by Crippen LogP contribution is -2.68. The van der Waals surface area contributed by atoms with Crippen molar-refractivity contribution < 1.29 is 28.4 Å². The minimum atomic E-state index is -2.85. The number of carbonyl (C=O) groups is 2. The summed E-state index contributed by atoms with van der Waals surface area (Å²) in [6.07, 6.45) is 0.719. The van der Waals surface area contributed by atoms with Gasteiger partial charge in [-0.2, -0.15) is 5.26 Å². The fraction of sp³-hybridized carbons (Fsp3) is 0.487. The summed E-state index contributed by atoms with van der Waals surface area (Å²) >= 11 is 0. The number of aliphatic hydroxyl groups is 1. The summed E-state index contributed by atoms with van der Waals surface area (Å²) in [4.78, 5) is 34.8. The van der Waals surface area contributed by atoms with E-state index in [4.69, 9.17) is 13.7 Å². The van der Waals surface area contributed by atoms with Crippen LogP contribution in [0.4, 0.5) is 0 Å². The van der Waals surface area contributed by atoms with E-state index >= 15 is 9.59 Å². The van der Waals surface area contributed by atoms with Gasteiger partial charge in [0.05, 0.1) is 17.7 Å². The first kappa shape index (κ1) is 35.7. The number of fused-ring (bicyclic) bond motifs is 4. The molecule has 1 saturated carbocycles. The minimum Gasteiger partial charge on any atom is -0.507 e. The number of benzene rings is 2. The smallest absolute Gasteiger partial charge is 0.265 e. The van der Waals surface area contributed by atoms with Crippen LogP contribution in [-0.4, -0.2) is 73.7 Å². The number of ketones is 2. The van der Waals surface area contributed by atoms with Crippen LogP contribution in [0.15, 0.2) is 46.5 Å². The molecule has 264 valence electrons. The van der Waals surface area contributed by atoms with Gasteiger partial charge < -0.3 is 23.7 Å². The molecule has 6 rings (SSSR count). The van der Waals surface area contributed by atoms with Crippen molar-refractivity contribution in [3.8, 4) is 11.9 Å². The first-order valence-electron chi connectivity index (χ1n) is 17.2. The third-order valence-corrected chi connectivity index (χ3v) is 15.6. The molecule has 1 heterocycles. The summed E-state index contributed by atoms with van der Waals surface area (Å²) in [5.74, 6) is -2.02. The first-order chi connectivity index (χ1) is 23.4. The molecule has 0 radical (unpaired) electrons. The summed E-state index contributed by atoms with van der Waals surface area (Å²) in [7, 11) is 4.83. The van der Waals surface area contributed by atoms with E-state index in [1.54, 1.807) is 0 Å². The van der Waals surface area contributed by atoms with Crippen molar-refractivity contribution in [2.75, 3.05) is 28.2 Å². The van der Waals surface area contributed by atoms with Gasteiger partial charge in [0.15, 0.2) is 19.7 Å². The Morgan fingerprint density at radius 2 is 1.78 bits per heavy atom. The highest BCUT2D eigenvalue weighted by molar-refractivity contribution is 6.74. The van der Waals surface area contributed by atoms with E-state index in [1.807, 2.05) is 94.4 Å². The van der Waals surface area contributed by atoms with E-state index < -0.39 is 43.4 Å². The Kier molecular flexibility index (Phi) is 9.01. The molecule has 0 saturated heterocycles. The number of aryl methyl sites for hydroxylation is 1. The van der Waals surface area contributed by atoms with Crippen molar-refractivity contribution >= 4 is 25.6 Å². The Balaban J connectivity index is 1.58. The summed E-state index contributed by atoms with van der Waals surface area (Å²) in [6.45, 7) is 12.9. The van der Waals surface area contributed by atoms with Crippen LogP contribution >= 0.6 is 0 Å². The molecule has 0 unspecified atom stereocenters. The van der Waals surface area contributed by atoms with Gasteiger partial charge in [-0.25, -0.2) is 0 Å². The Morgan fingerprint density at radius 1 is 1.10 bits per heavy atom. The predicted molar refractivity (Wildman–Crippen MR) is 192 cm³/mol. The van der Waals surface area contributed by atoms with Gasteiger partial charge in [0.1, 0.15) is 17.9 Å². The Bertz CT molecular complexity index is 1930.